The lowest BCUT2D eigenvalue weighted by Crippen LogP contribution is -2.29. The predicted molar refractivity (Wildman–Crippen MR) is 80.1 cm³/mol. The minimum absolute atomic E-state index is 0.402. The maximum absolute atomic E-state index is 4.28. The maximum Gasteiger partial charge on any atom is 0.0951 e. The Balaban J connectivity index is 1.71. The molecule has 1 saturated carbocycles. The number of nitrogens with zero attached hydrogens (tertiary/aromatic N) is 2. The zero-order valence-electron chi connectivity index (χ0n) is 12.8. The fourth-order valence-electron chi connectivity index (χ4n) is 2.62. The SMILES string of the molecule is CCCCCC(C)(C)CNCc1cncn1C1CC1. The summed E-state index contributed by atoms with van der Waals surface area (Å²) in [5, 5.41) is 3.62. The van der Waals surface area contributed by atoms with Crippen molar-refractivity contribution in [2.45, 2.75) is 71.9 Å². The van der Waals surface area contributed by atoms with Crippen molar-refractivity contribution in [1.29, 1.82) is 0 Å². The normalized spacial score (nSPS) is 15.9. The van der Waals surface area contributed by atoms with Gasteiger partial charge in [-0.1, -0.05) is 40.0 Å². The first-order valence-corrected chi connectivity index (χ1v) is 7.84. The molecular formula is C16H29N3. The summed E-state index contributed by atoms with van der Waals surface area (Å²) < 4.78 is 2.34. The fourth-order valence-corrected chi connectivity index (χ4v) is 2.62. The Labute approximate surface area is 117 Å². The Morgan fingerprint density at radius 3 is 2.84 bits per heavy atom. The van der Waals surface area contributed by atoms with Crippen LogP contribution in [0.2, 0.25) is 0 Å². The van der Waals surface area contributed by atoms with Gasteiger partial charge in [-0.15, -0.1) is 0 Å². The molecule has 1 aliphatic carbocycles. The Morgan fingerprint density at radius 2 is 2.16 bits per heavy atom. The summed E-state index contributed by atoms with van der Waals surface area (Å²) in [6.45, 7) is 9.05. The van der Waals surface area contributed by atoms with Gasteiger partial charge in [0.1, 0.15) is 0 Å². The standard InChI is InChI=1S/C16H29N3/c1-4-5-6-9-16(2,3)12-17-10-15-11-18-13-19(15)14-7-8-14/h11,13-14,17H,4-10,12H2,1-3H3. The van der Waals surface area contributed by atoms with Crippen LogP contribution in [0, 0.1) is 5.41 Å². The summed E-state index contributed by atoms with van der Waals surface area (Å²) in [7, 11) is 0. The highest BCUT2D eigenvalue weighted by Crippen LogP contribution is 2.35. The molecule has 108 valence electrons. The quantitative estimate of drug-likeness (QED) is 0.684. The molecular weight excluding hydrogens is 234 g/mol. The monoisotopic (exact) mass is 263 g/mol. The summed E-state index contributed by atoms with van der Waals surface area (Å²) in [6, 6.07) is 0.733. The van der Waals surface area contributed by atoms with E-state index in [0.29, 0.717) is 5.41 Å². The van der Waals surface area contributed by atoms with Gasteiger partial charge in [-0.25, -0.2) is 4.98 Å². The van der Waals surface area contributed by atoms with Gasteiger partial charge in [0.25, 0.3) is 0 Å². The largest absolute Gasteiger partial charge is 0.330 e. The summed E-state index contributed by atoms with van der Waals surface area (Å²) in [4.78, 5) is 4.28. The lowest BCUT2D eigenvalue weighted by atomic mass is 9.87. The van der Waals surface area contributed by atoms with Gasteiger partial charge in [0, 0.05) is 25.3 Å². The van der Waals surface area contributed by atoms with Crippen LogP contribution in [0.3, 0.4) is 0 Å². The highest BCUT2D eigenvalue weighted by Gasteiger charge is 2.25. The minimum Gasteiger partial charge on any atom is -0.330 e. The lowest BCUT2D eigenvalue weighted by Gasteiger charge is -2.25. The van der Waals surface area contributed by atoms with Gasteiger partial charge in [0.05, 0.1) is 12.0 Å². The van der Waals surface area contributed by atoms with Crippen molar-refractivity contribution in [3.63, 3.8) is 0 Å². The number of unbranched alkanes of at least 4 members (excludes halogenated alkanes) is 2. The third-order valence-corrected chi connectivity index (χ3v) is 4.05. The second kappa shape index (κ2) is 6.56. The van der Waals surface area contributed by atoms with E-state index in [0.717, 1.165) is 19.1 Å². The van der Waals surface area contributed by atoms with E-state index in [9.17, 15) is 0 Å². The molecule has 1 fully saturated rings. The average Bonchev–Trinajstić information content (AvgIpc) is 3.10. The van der Waals surface area contributed by atoms with Crippen LogP contribution >= 0.6 is 0 Å². The van der Waals surface area contributed by atoms with Gasteiger partial charge in [-0.05, 0) is 24.7 Å². The number of aromatic nitrogens is 2. The van der Waals surface area contributed by atoms with Crippen molar-refractivity contribution < 1.29 is 0 Å². The average molecular weight is 263 g/mol. The van der Waals surface area contributed by atoms with E-state index in [1.165, 1.54) is 44.2 Å². The third kappa shape index (κ3) is 4.64. The first kappa shape index (κ1) is 14.6. The van der Waals surface area contributed by atoms with E-state index in [4.69, 9.17) is 0 Å². The molecule has 1 aromatic rings. The molecule has 3 nitrogen and oxygen atoms in total. The van der Waals surface area contributed by atoms with Gasteiger partial charge < -0.3 is 9.88 Å². The molecule has 0 aliphatic heterocycles. The Morgan fingerprint density at radius 1 is 1.37 bits per heavy atom. The van der Waals surface area contributed by atoms with Crippen molar-refractivity contribution in [3.05, 3.63) is 18.2 Å². The van der Waals surface area contributed by atoms with E-state index in [2.05, 4.69) is 35.6 Å². The number of nitrogens with one attached hydrogen (secondary N) is 1. The minimum atomic E-state index is 0.402. The molecule has 0 amide bonds. The molecule has 0 spiro atoms. The fraction of sp³-hybridized carbons (Fsp3) is 0.812. The topological polar surface area (TPSA) is 29.9 Å². The summed E-state index contributed by atoms with van der Waals surface area (Å²) in [6.07, 6.45) is 12.0. The molecule has 0 aromatic carbocycles. The maximum atomic E-state index is 4.28. The molecule has 0 radical (unpaired) electrons. The van der Waals surface area contributed by atoms with E-state index >= 15 is 0 Å². The van der Waals surface area contributed by atoms with Gasteiger partial charge in [0.15, 0.2) is 0 Å². The number of hydrogen-bond donors (Lipinski definition) is 1. The zero-order chi connectivity index (χ0) is 13.7. The van der Waals surface area contributed by atoms with E-state index in [1.54, 1.807) is 0 Å². The molecule has 1 aliphatic rings. The molecule has 19 heavy (non-hydrogen) atoms. The van der Waals surface area contributed by atoms with Crippen LogP contribution in [0.15, 0.2) is 12.5 Å². The molecule has 0 unspecified atom stereocenters. The summed E-state index contributed by atoms with van der Waals surface area (Å²) in [5.74, 6) is 0. The van der Waals surface area contributed by atoms with Gasteiger partial charge in [-0.3, -0.25) is 0 Å². The van der Waals surface area contributed by atoms with Crippen LogP contribution in [0.5, 0.6) is 0 Å². The Kier molecular flexibility index (Phi) is 5.03. The first-order valence-electron chi connectivity index (χ1n) is 7.84. The van der Waals surface area contributed by atoms with Gasteiger partial charge in [0.2, 0.25) is 0 Å². The smallest absolute Gasteiger partial charge is 0.0951 e. The van der Waals surface area contributed by atoms with Gasteiger partial charge in [-0.2, -0.15) is 0 Å². The molecule has 1 heterocycles. The van der Waals surface area contributed by atoms with Crippen LogP contribution < -0.4 is 5.32 Å². The summed E-state index contributed by atoms with van der Waals surface area (Å²) in [5.41, 5.74) is 1.74. The lowest BCUT2D eigenvalue weighted by molar-refractivity contribution is 0.300. The molecule has 2 rings (SSSR count). The van der Waals surface area contributed by atoms with Crippen molar-refractivity contribution >= 4 is 0 Å². The van der Waals surface area contributed by atoms with Crippen LogP contribution in [0.4, 0.5) is 0 Å². The van der Waals surface area contributed by atoms with Crippen LogP contribution in [-0.4, -0.2) is 16.1 Å². The van der Waals surface area contributed by atoms with Crippen LogP contribution in [0.1, 0.15) is 71.0 Å². The van der Waals surface area contributed by atoms with Crippen LogP contribution in [-0.2, 0) is 6.54 Å². The van der Waals surface area contributed by atoms with Crippen LogP contribution in [0.25, 0.3) is 0 Å². The van der Waals surface area contributed by atoms with E-state index < -0.39 is 0 Å². The number of hydrogen-bond acceptors (Lipinski definition) is 2. The second-order valence-electron chi connectivity index (χ2n) is 6.75. The molecule has 3 heteroatoms. The van der Waals surface area contributed by atoms with Crippen molar-refractivity contribution in [2.75, 3.05) is 6.54 Å². The zero-order valence-corrected chi connectivity index (χ0v) is 12.8. The number of imidazole rings is 1. The molecule has 0 atom stereocenters. The summed E-state index contributed by atoms with van der Waals surface area (Å²) >= 11 is 0. The predicted octanol–water partition coefficient (Wildman–Crippen LogP) is 3.91. The van der Waals surface area contributed by atoms with E-state index in [1.807, 2.05) is 12.5 Å². The highest BCUT2D eigenvalue weighted by molar-refractivity contribution is 5.03. The molecule has 0 bridgehead atoms. The Hall–Kier alpha value is -0.830. The van der Waals surface area contributed by atoms with E-state index in [-0.39, 0.29) is 0 Å². The first-order chi connectivity index (χ1) is 9.12. The van der Waals surface area contributed by atoms with Crippen molar-refractivity contribution in [3.8, 4) is 0 Å². The highest BCUT2D eigenvalue weighted by atomic mass is 15.1. The second-order valence-corrected chi connectivity index (χ2v) is 6.75. The van der Waals surface area contributed by atoms with Gasteiger partial charge >= 0.3 is 0 Å². The number of rotatable bonds is 9. The Bertz CT molecular complexity index is 377. The van der Waals surface area contributed by atoms with Crippen molar-refractivity contribution in [2.24, 2.45) is 5.41 Å². The van der Waals surface area contributed by atoms with Crippen molar-refractivity contribution in [1.82, 2.24) is 14.9 Å². The molecule has 1 aromatic heterocycles. The third-order valence-electron chi connectivity index (χ3n) is 4.05. The molecule has 1 N–H and O–H groups in total. The molecule has 0 saturated heterocycles.